The summed E-state index contributed by atoms with van der Waals surface area (Å²) >= 11 is 0. The number of ether oxygens (including phenoxy) is 2. The molecule has 0 heterocycles. The molecule has 0 saturated heterocycles. The Morgan fingerprint density at radius 2 is 1.00 bits per heavy atom. The van der Waals surface area contributed by atoms with Gasteiger partial charge in [0, 0.05) is 26.3 Å². The van der Waals surface area contributed by atoms with Gasteiger partial charge < -0.3 is 24.6 Å². The highest BCUT2D eigenvalue weighted by atomic mass is 31.2. The fourth-order valence-corrected chi connectivity index (χ4v) is 5.52. The minimum atomic E-state index is -4.75. The lowest BCUT2D eigenvalue weighted by Gasteiger charge is -2.18. The minimum absolute atomic E-state index is 0.0442. The number of amides is 1. The van der Waals surface area contributed by atoms with Crippen LogP contribution in [0.1, 0.15) is 174 Å². The van der Waals surface area contributed by atoms with Crippen LogP contribution in [0.2, 0.25) is 0 Å². The molecule has 0 unspecified atom stereocenters. The van der Waals surface area contributed by atoms with Crippen LogP contribution in [0.3, 0.4) is 0 Å². The summed E-state index contributed by atoms with van der Waals surface area (Å²) in [6, 6.07) is 0. The number of hydrogen-bond acceptors (Lipinski definition) is 7. The third-order valence-electron chi connectivity index (χ3n) is 7.82. The lowest BCUT2D eigenvalue weighted by Crippen LogP contribution is -2.29. The number of rotatable bonds is 33. The molecule has 0 aliphatic rings. The molecule has 0 spiro atoms. The van der Waals surface area contributed by atoms with Crippen LogP contribution in [-0.4, -0.2) is 53.5 Å². The molecule has 0 aromatic rings. The van der Waals surface area contributed by atoms with Crippen molar-refractivity contribution in [1.29, 1.82) is 0 Å². The van der Waals surface area contributed by atoms with Crippen LogP contribution < -0.4 is 5.32 Å². The molecule has 3 N–H and O–H groups in total. The highest BCUT2D eigenvalue weighted by Gasteiger charge is 2.22. The Balaban J connectivity index is 3.89. The molecule has 1 atom stereocenters. The summed E-state index contributed by atoms with van der Waals surface area (Å²) < 4.78 is 26.2. The number of unbranched alkanes of at least 4 members (excludes halogenated alkanes) is 21. The lowest BCUT2D eigenvalue weighted by atomic mass is 10.0. The van der Waals surface area contributed by atoms with Gasteiger partial charge in [0.1, 0.15) is 6.61 Å². The Bertz CT molecular complexity index is 775. The van der Waals surface area contributed by atoms with Crippen LogP contribution in [0.15, 0.2) is 0 Å². The highest BCUT2D eigenvalue weighted by molar-refractivity contribution is 7.46. The summed E-state index contributed by atoms with van der Waals surface area (Å²) in [6.45, 7) is 3.71. The van der Waals surface area contributed by atoms with Gasteiger partial charge in [-0.05, 0) is 19.3 Å². The second-order valence-corrected chi connectivity index (χ2v) is 13.6. The van der Waals surface area contributed by atoms with Crippen LogP contribution in [0, 0.1) is 0 Å². The molecule has 0 bridgehead atoms. The molecule has 11 heteroatoms. The monoisotopic (exact) mass is 663 g/mol. The molecule has 0 aliphatic carbocycles. The fraction of sp³-hybridized carbons (Fsp3) is 0.912. The van der Waals surface area contributed by atoms with Crippen molar-refractivity contribution >= 4 is 25.7 Å². The molecule has 45 heavy (non-hydrogen) atoms. The Kier molecular flexibility index (Phi) is 30.1. The molecule has 10 nitrogen and oxygen atoms in total. The van der Waals surface area contributed by atoms with E-state index < -0.39 is 32.5 Å². The Morgan fingerprint density at radius 1 is 0.600 bits per heavy atom. The smallest absolute Gasteiger partial charge is 0.462 e. The van der Waals surface area contributed by atoms with Gasteiger partial charge in [0.15, 0.2) is 6.10 Å². The Hall–Kier alpha value is -1.48. The lowest BCUT2D eigenvalue weighted by molar-refractivity contribution is -0.161. The van der Waals surface area contributed by atoms with Gasteiger partial charge in [-0.25, -0.2) is 4.57 Å². The van der Waals surface area contributed by atoms with E-state index in [0.29, 0.717) is 12.8 Å². The van der Waals surface area contributed by atoms with Crippen LogP contribution >= 0.6 is 7.82 Å². The second kappa shape index (κ2) is 31.1. The SMILES string of the molecule is CCCCCCCCCCCCC(=O)O[C@H](COC(=O)CCCCCCCCCCCCCCCNC(C)=O)COP(=O)(O)O. The molecule has 0 saturated carbocycles. The van der Waals surface area contributed by atoms with Crippen molar-refractivity contribution in [2.45, 2.75) is 180 Å². The number of carbonyl (C=O) groups excluding carboxylic acids is 3. The van der Waals surface area contributed by atoms with Crippen LogP contribution in [0.25, 0.3) is 0 Å². The van der Waals surface area contributed by atoms with Gasteiger partial charge in [-0.15, -0.1) is 0 Å². The first-order chi connectivity index (χ1) is 21.6. The van der Waals surface area contributed by atoms with Crippen molar-refractivity contribution in [2.24, 2.45) is 0 Å². The standard InChI is InChI=1S/C34H66NO9P/c1-3-4-5-6-7-8-14-18-21-24-27-34(38)44-32(30-43-45(39,40)41)29-42-33(37)26-23-20-17-15-12-10-9-11-13-16-19-22-25-28-35-31(2)36/h32H,3-30H2,1-2H3,(H,35,36)(H2,39,40,41)/t32-/m1/s1. The summed E-state index contributed by atoms with van der Waals surface area (Å²) in [6.07, 6.45) is 25.7. The number of phosphoric ester groups is 1. The number of carbonyl (C=O) groups is 3. The first kappa shape index (κ1) is 43.5. The maximum Gasteiger partial charge on any atom is 0.469 e. The van der Waals surface area contributed by atoms with Gasteiger partial charge >= 0.3 is 19.8 Å². The average molecular weight is 664 g/mol. The van der Waals surface area contributed by atoms with Gasteiger partial charge in [0.05, 0.1) is 6.61 Å². The van der Waals surface area contributed by atoms with Crippen molar-refractivity contribution in [3.05, 3.63) is 0 Å². The summed E-state index contributed by atoms with van der Waals surface area (Å²) in [5, 5.41) is 2.83. The maximum atomic E-state index is 12.3. The van der Waals surface area contributed by atoms with Crippen molar-refractivity contribution < 1.29 is 42.7 Å². The predicted molar refractivity (Wildman–Crippen MR) is 179 cm³/mol. The normalized spacial score (nSPS) is 12.2. The molecule has 1 amide bonds. The summed E-state index contributed by atoms with van der Waals surface area (Å²) in [4.78, 5) is 53.4. The quantitative estimate of drug-likeness (QED) is 0.0357. The summed E-state index contributed by atoms with van der Waals surface area (Å²) in [5.74, 6) is -0.861. The molecular weight excluding hydrogens is 597 g/mol. The molecule has 0 aromatic heterocycles. The van der Waals surface area contributed by atoms with E-state index in [1.165, 1.54) is 89.9 Å². The fourth-order valence-electron chi connectivity index (χ4n) is 5.16. The van der Waals surface area contributed by atoms with E-state index in [1.54, 1.807) is 6.92 Å². The Morgan fingerprint density at radius 3 is 1.42 bits per heavy atom. The van der Waals surface area contributed by atoms with Gasteiger partial charge in [0.2, 0.25) is 5.91 Å². The maximum absolute atomic E-state index is 12.3. The van der Waals surface area contributed by atoms with Gasteiger partial charge in [-0.2, -0.15) is 0 Å². The van der Waals surface area contributed by atoms with E-state index in [0.717, 1.165) is 51.5 Å². The topological polar surface area (TPSA) is 148 Å². The van der Waals surface area contributed by atoms with E-state index in [4.69, 9.17) is 19.3 Å². The molecule has 266 valence electrons. The van der Waals surface area contributed by atoms with E-state index in [2.05, 4.69) is 16.8 Å². The zero-order valence-corrected chi connectivity index (χ0v) is 29.5. The van der Waals surface area contributed by atoms with Crippen molar-refractivity contribution in [1.82, 2.24) is 5.32 Å². The van der Waals surface area contributed by atoms with E-state index >= 15 is 0 Å². The van der Waals surface area contributed by atoms with E-state index in [1.807, 2.05) is 0 Å². The summed E-state index contributed by atoms with van der Waals surface area (Å²) in [7, 11) is -4.75. The first-order valence-electron chi connectivity index (χ1n) is 17.9. The molecule has 0 aliphatic heterocycles. The number of phosphoric acid groups is 1. The van der Waals surface area contributed by atoms with Crippen LogP contribution in [-0.2, 0) is 32.9 Å². The van der Waals surface area contributed by atoms with Gasteiger partial charge in [-0.1, -0.05) is 135 Å². The van der Waals surface area contributed by atoms with E-state index in [-0.39, 0.29) is 25.4 Å². The molecular formula is C34H66NO9P. The van der Waals surface area contributed by atoms with Crippen molar-refractivity contribution in [3.63, 3.8) is 0 Å². The number of esters is 2. The number of nitrogens with one attached hydrogen (secondary N) is 1. The van der Waals surface area contributed by atoms with Crippen LogP contribution in [0.4, 0.5) is 0 Å². The number of hydrogen-bond donors (Lipinski definition) is 3. The zero-order valence-electron chi connectivity index (χ0n) is 28.6. The molecule has 0 fully saturated rings. The third-order valence-corrected chi connectivity index (χ3v) is 8.31. The zero-order chi connectivity index (χ0) is 33.4. The third kappa shape index (κ3) is 35.2. The van der Waals surface area contributed by atoms with E-state index in [9.17, 15) is 18.9 Å². The Labute approximate surface area is 273 Å². The molecule has 0 rings (SSSR count). The van der Waals surface area contributed by atoms with Crippen molar-refractivity contribution in [2.75, 3.05) is 19.8 Å². The predicted octanol–water partition coefficient (Wildman–Crippen LogP) is 8.46. The minimum Gasteiger partial charge on any atom is -0.462 e. The molecule has 0 aromatic carbocycles. The summed E-state index contributed by atoms with van der Waals surface area (Å²) in [5.41, 5.74) is 0. The first-order valence-corrected chi connectivity index (χ1v) is 19.5. The average Bonchev–Trinajstić information content (AvgIpc) is 2.98. The largest absolute Gasteiger partial charge is 0.469 e. The van der Waals surface area contributed by atoms with Crippen molar-refractivity contribution in [3.8, 4) is 0 Å². The van der Waals surface area contributed by atoms with Gasteiger partial charge in [-0.3, -0.25) is 18.9 Å². The van der Waals surface area contributed by atoms with Gasteiger partial charge in [0.25, 0.3) is 0 Å². The highest BCUT2D eigenvalue weighted by Crippen LogP contribution is 2.36. The van der Waals surface area contributed by atoms with Crippen LogP contribution in [0.5, 0.6) is 0 Å². The molecule has 0 radical (unpaired) electrons. The second-order valence-electron chi connectivity index (χ2n) is 12.3.